The Balaban J connectivity index is 2.21. The minimum atomic E-state index is -0.940. The minimum absolute atomic E-state index is 0.00571. The van der Waals surface area contributed by atoms with Gasteiger partial charge >= 0.3 is 0 Å². The molecule has 1 N–H and O–H groups in total. The maximum Gasteiger partial charge on any atom is 0.180 e. The molecular weight excluding hydrogens is 302 g/mol. The Bertz CT molecular complexity index is 647. The van der Waals surface area contributed by atoms with Crippen LogP contribution in [0.3, 0.4) is 0 Å². The fourth-order valence-electron chi connectivity index (χ4n) is 1.79. The summed E-state index contributed by atoms with van der Waals surface area (Å²) in [6.07, 6.45) is 0. The molecule has 0 saturated heterocycles. The van der Waals surface area contributed by atoms with Crippen LogP contribution in [0.4, 0.5) is 8.78 Å². The molecule has 0 fully saturated rings. The van der Waals surface area contributed by atoms with Crippen LogP contribution in [0.15, 0.2) is 30.3 Å². The van der Waals surface area contributed by atoms with E-state index in [1.165, 1.54) is 13.2 Å². The smallest absolute Gasteiger partial charge is 0.180 e. The van der Waals surface area contributed by atoms with Gasteiger partial charge in [-0.2, -0.15) is 0 Å². The van der Waals surface area contributed by atoms with E-state index in [0.717, 1.165) is 12.1 Å². The maximum absolute atomic E-state index is 13.1. The van der Waals surface area contributed by atoms with Crippen molar-refractivity contribution in [3.63, 3.8) is 0 Å². The van der Waals surface area contributed by atoms with Gasteiger partial charge in [-0.05, 0) is 35.4 Å². The number of rotatable bonds is 5. The highest BCUT2D eigenvalue weighted by Gasteiger charge is 2.12. The summed E-state index contributed by atoms with van der Waals surface area (Å²) in [6.45, 7) is -0.175. The molecule has 0 heterocycles. The molecule has 2 aromatic carbocycles. The summed E-state index contributed by atoms with van der Waals surface area (Å²) in [4.78, 5) is 0. The van der Waals surface area contributed by atoms with Crippen LogP contribution < -0.4 is 9.47 Å². The molecule has 2 rings (SSSR count). The number of aliphatic hydroxyl groups excluding tert-OH is 1. The Hall–Kier alpha value is -1.85. The van der Waals surface area contributed by atoms with E-state index in [-0.39, 0.29) is 24.0 Å². The maximum atomic E-state index is 13.1. The Morgan fingerprint density at radius 2 is 1.86 bits per heavy atom. The van der Waals surface area contributed by atoms with Crippen molar-refractivity contribution in [2.75, 3.05) is 7.11 Å². The second-order valence-corrected chi connectivity index (χ2v) is 4.71. The van der Waals surface area contributed by atoms with Crippen LogP contribution in [-0.4, -0.2) is 12.2 Å². The molecule has 112 valence electrons. The van der Waals surface area contributed by atoms with Crippen LogP contribution in [0.25, 0.3) is 0 Å². The largest absolute Gasteiger partial charge is 0.493 e. The number of aliphatic hydroxyl groups is 1. The Kier molecular flexibility index (Phi) is 4.98. The van der Waals surface area contributed by atoms with Gasteiger partial charge in [-0.3, -0.25) is 0 Å². The summed E-state index contributed by atoms with van der Waals surface area (Å²) >= 11 is 6.06. The topological polar surface area (TPSA) is 38.7 Å². The number of methoxy groups -OCH3 is 1. The highest BCUT2D eigenvalue weighted by atomic mass is 35.5. The fourth-order valence-corrected chi connectivity index (χ4v) is 2.08. The second kappa shape index (κ2) is 6.74. The first-order chi connectivity index (χ1) is 10.0. The zero-order valence-corrected chi connectivity index (χ0v) is 12.0. The van der Waals surface area contributed by atoms with Crippen molar-refractivity contribution in [2.24, 2.45) is 0 Å². The van der Waals surface area contributed by atoms with Crippen molar-refractivity contribution < 1.29 is 23.4 Å². The van der Waals surface area contributed by atoms with Gasteiger partial charge < -0.3 is 14.6 Å². The van der Waals surface area contributed by atoms with E-state index < -0.39 is 11.6 Å². The van der Waals surface area contributed by atoms with Crippen molar-refractivity contribution in [2.45, 2.75) is 13.2 Å². The normalized spacial score (nSPS) is 10.5. The van der Waals surface area contributed by atoms with Gasteiger partial charge in [-0.1, -0.05) is 17.7 Å². The Labute approximate surface area is 125 Å². The Morgan fingerprint density at radius 1 is 1.10 bits per heavy atom. The van der Waals surface area contributed by atoms with Gasteiger partial charge in [0.2, 0.25) is 0 Å². The van der Waals surface area contributed by atoms with Crippen LogP contribution in [0, 0.1) is 11.6 Å². The molecule has 21 heavy (non-hydrogen) atoms. The van der Waals surface area contributed by atoms with Crippen molar-refractivity contribution in [3.05, 3.63) is 58.1 Å². The van der Waals surface area contributed by atoms with Crippen molar-refractivity contribution in [3.8, 4) is 11.5 Å². The molecular formula is C15H13ClF2O3. The fraction of sp³-hybridized carbons (Fsp3) is 0.200. The average Bonchev–Trinajstić information content (AvgIpc) is 2.48. The van der Waals surface area contributed by atoms with Gasteiger partial charge in [-0.25, -0.2) is 8.78 Å². The van der Waals surface area contributed by atoms with Gasteiger partial charge in [0.25, 0.3) is 0 Å². The third-order valence-corrected chi connectivity index (χ3v) is 3.12. The molecule has 0 bridgehead atoms. The zero-order chi connectivity index (χ0) is 15.4. The number of benzene rings is 2. The third-order valence-electron chi connectivity index (χ3n) is 2.84. The Morgan fingerprint density at radius 3 is 2.48 bits per heavy atom. The molecule has 0 aliphatic heterocycles. The second-order valence-electron chi connectivity index (χ2n) is 4.30. The van der Waals surface area contributed by atoms with Gasteiger partial charge in [0.15, 0.2) is 23.1 Å². The molecule has 0 aliphatic carbocycles. The predicted molar refractivity (Wildman–Crippen MR) is 74.6 cm³/mol. The molecule has 0 radical (unpaired) electrons. The SMILES string of the molecule is COc1cc(CO)cc(Cl)c1OCc1ccc(F)c(F)c1. The standard InChI is InChI=1S/C15H13ClF2O3/c1-20-14-6-10(7-19)4-11(16)15(14)21-8-9-2-3-12(17)13(18)5-9/h2-6,19H,7-8H2,1H3. The number of halogens is 3. The van der Waals surface area contributed by atoms with Crippen molar-refractivity contribution >= 4 is 11.6 Å². The number of hydrogen-bond donors (Lipinski definition) is 1. The van der Waals surface area contributed by atoms with Gasteiger partial charge in [0.1, 0.15) is 6.61 Å². The molecule has 0 unspecified atom stereocenters. The lowest BCUT2D eigenvalue weighted by molar-refractivity contribution is 0.274. The number of hydrogen-bond acceptors (Lipinski definition) is 3. The summed E-state index contributed by atoms with van der Waals surface area (Å²) in [5, 5.41) is 9.37. The first kappa shape index (κ1) is 15.5. The summed E-state index contributed by atoms with van der Waals surface area (Å²) in [7, 11) is 1.44. The number of ether oxygens (including phenoxy) is 2. The van der Waals surface area contributed by atoms with Crippen LogP contribution >= 0.6 is 11.6 Å². The first-order valence-electron chi connectivity index (χ1n) is 6.09. The summed E-state index contributed by atoms with van der Waals surface area (Å²) in [6, 6.07) is 6.64. The van der Waals surface area contributed by atoms with E-state index in [4.69, 9.17) is 26.2 Å². The predicted octanol–water partition coefficient (Wildman–Crippen LogP) is 3.70. The minimum Gasteiger partial charge on any atom is -0.493 e. The zero-order valence-electron chi connectivity index (χ0n) is 11.2. The highest BCUT2D eigenvalue weighted by Crippen LogP contribution is 2.37. The molecule has 0 amide bonds. The summed E-state index contributed by atoms with van der Waals surface area (Å²) < 4.78 is 36.6. The van der Waals surface area contributed by atoms with Gasteiger partial charge in [-0.15, -0.1) is 0 Å². The monoisotopic (exact) mass is 314 g/mol. The van der Waals surface area contributed by atoms with E-state index in [0.29, 0.717) is 16.9 Å². The molecule has 0 atom stereocenters. The molecule has 0 aromatic heterocycles. The lowest BCUT2D eigenvalue weighted by atomic mass is 10.2. The molecule has 3 nitrogen and oxygen atoms in total. The molecule has 0 saturated carbocycles. The summed E-state index contributed by atoms with van der Waals surface area (Å²) in [5.41, 5.74) is 1.04. The van der Waals surface area contributed by atoms with Gasteiger partial charge in [0, 0.05) is 0 Å². The van der Waals surface area contributed by atoms with Crippen LogP contribution in [0.2, 0.25) is 5.02 Å². The van der Waals surface area contributed by atoms with E-state index in [2.05, 4.69) is 0 Å². The van der Waals surface area contributed by atoms with E-state index in [9.17, 15) is 8.78 Å². The van der Waals surface area contributed by atoms with Crippen molar-refractivity contribution in [1.82, 2.24) is 0 Å². The van der Waals surface area contributed by atoms with Crippen LogP contribution in [0.1, 0.15) is 11.1 Å². The molecule has 0 aliphatic rings. The average molecular weight is 315 g/mol. The molecule has 0 spiro atoms. The van der Waals surface area contributed by atoms with Crippen LogP contribution in [0.5, 0.6) is 11.5 Å². The van der Waals surface area contributed by atoms with Crippen LogP contribution in [-0.2, 0) is 13.2 Å². The highest BCUT2D eigenvalue weighted by molar-refractivity contribution is 6.32. The van der Waals surface area contributed by atoms with E-state index in [1.54, 1.807) is 12.1 Å². The quantitative estimate of drug-likeness (QED) is 0.914. The third kappa shape index (κ3) is 3.62. The van der Waals surface area contributed by atoms with E-state index in [1.807, 2.05) is 0 Å². The lowest BCUT2D eigenvalue weighted by Crippen LogP contribution is -2.00. The van der Waals surface area contributed by atoms with E-state index >= 15 is 0 Å². The summed E-state index contributed by atoms with van der Waals surface area (Å²) in [5.74, 6) is -1.22. The molecule has 2 aromatic rings. The lowest BCUT2D eigenvalue weighted by Gasteiger charge is -2.13. The molecule has 6 heteroatoms. The van der Waals surface area contributed by atoms with Crippen molar-refractivity contribution in [1.29, 1.82) is 0 Å². The first-order valence-corrected chi connectivity index (χ1v) is 6.47. The van der Waals surface area contributed by atoms with Gasteiger partial charge in [0.05, 0.1) is 18.7 Å².